The fourth-order valence-electron chi connectivity index (χ4n) is 24.4. The van der Waals surface area contributed by atoms with Crippen molar-refractivity contribution >= 4 is 35.8 Å². The highest BCUT2D eigenvalue weighted by Gasteiger charge is 2.58. The summed E-state index contributed by atoms with van der Waals surface area (Å²) in [5.41, 5.74) is -0.346. The number of carbonyl (C=O) groups excluding carboxylic acids is 6. The van der Waals surface area contributed by atoms with E-state index in [-0.39, 0.29) is 138 Å². The predicted molar refractivity (Wildman–Crippen MR) is 457 cm³/mol. The third-order valence-corrected chi connectivity index (χ3v) is 35.5. The first kappa shape index (κ1) is 94.4. The molecule has 6 heterocycles. The third kappa shape index (κ3) is 20.7. The lowest BCUT2D eigenvalue weighted by atomic mass is 9.69. The van der Waals surface area contributed by atoms with Gasteiger partial charge in [0.05, 0.1) is 75.1 Å². The first-order chi connectivity index (χ1) is 52.4. The molecule has 114 heavy (non-hydrogen) atoms. The summed E-state index contributed by atoms with van der Waals surface area (Å²) in [4.78, 5) is 92.0. The summed E-state index contributed by atoms with van der Waals surface area (Å²) in [6.45, 7) is 56.4. The summed E-state index contributed by atoms with van der Waals surface area (Å²) >= 11 is 0. The molecule has 18 nitrogen and oxygen atoms in total. The van der Waals surface area contributed by atoms with Gasteiger partial charge in [0.2, 0.25) is 0 Å². The number of hydrogen-bond donors (Lipinski definition) is 0. The maximum atomic E-state index is 13.0. The molecule has 0 aromatic carbocycles. The highest BCUT2D eigenvalue weighted by Crippen LogP contribution is 2.52. The molecule has 11 rings (SSSR count). The molecule has 5 saturated carbocycles. The Morgan fingerprint density at radius 2 is 0.386 bits per heavy atom. The van der Waals surface area contributed by atoms with E-state index in [1.54, 1.807) is 0 Å². The van der Waals surface area contributed by atoms with Crippen molar-refractivity contribution in [1.29, 1.82) is 0 Å². The van der Waals surface area contributed by atoms with Gasteiger partial charge in [-0.2, -0.15) is 0 Å². The molecule has 6 aliphatic heterocycles. The minimum atomic E-state index is -0.194. The van der Waals surface area contributed by atoms with Crippen molar-refractivity contribution in [2.75, 3.05) is 81.9 Å². The molecule has 0 amide bonds. The van der Waals surface area contributed by atoms with Crippen molar-refractivity contribution in [3.63, 3.8) is 0 Å². The van der Waals surface area contributed by atoms with Gasteiger partial charge in [-0.15, -0.1) is 0 Å². The van der Waals surface area contributed by atoms with Gasteiger partial charge in [-0.1, -0.05) is 0 Å². The maximum Gasteiger partial charge on any atom is 0.310 e. The van der Waals surface area contributed by atoms with Gasteiger partial charge in [0.25, 0.3) is 0 Å². The van der Waals surface area contributed by atoms with Gasteiger partial charge < -0.3 is 28.4 Å². The number of nitrogens with zero attached hydrogens (tertiary/aromatic N) is 6. The Balaban J connectivity index is 0.000000197. The highest BCUT2D eigenvalue weighted by molar-refractivity contribution is 5.77. The van der Waals surface area contributed by atoms with Gasteiger partial charge in [0.1, 0.15) is 0 Å². The Kier molecular flexibility index (Phi) is 29.5. The molecule has 0 spiro atoms. The largest absolute Gasteiger partial charge is 0.465 e. The molecule has 11 fully saturated rings. The Morgan fingerprint density at radius 1 is 0.219 bits per heavy atom. The molecule has 0 aromatic heterocycles. The summed E-state index contributed by atoms with van der Waals surface area (Å²) in [7, 11) is 12.9. The van der Waals surface area contributed by atoms with E-state index < -0.39 is 0 Å². The zero-order valence-electron chi connectivity index (χ0n) is 78.4. The summed E-state index contributed by atoms with van der Waals surface area (Å²) < 4.78 is 35.4. The van der Waals surface area contributed by atoms with Gasteiger partial charge in [-0.05, 0) is 423 Å². The first-order valence-corrected chi connectivity index (χ1v) is 45.9. The minimum absolute atomic E-state index is 0.00155. The summed E-state index contributed by atoms with van der Waals surface area (Å²) in [5, 5.41) is 0. The van der Waals surface area contributed by atoms with Gasteiger partial charge >= 0.3 is 35.8 Å². The second-order valence-electron chi connectivity index (χ2n) is 46.4. The van der Waals surface area contributed by atoms with Crippen LogP contribution in [0.25, 0.3) is 0 Å². The van der Waals surface area contributed by atoms with Crippen molar-refractivity contribution in [1.82, 2.24) is 29.4 Å². The standard InChI is InChI=1S/2C34H60N2O4.C28H50N2O4/c1-31(2)19-27(33(5,6)35(31)9)21-39-29(37)25-15-11-23(12-16-25)24-13-17-26(18-14-24)30(38)40-22-28-20-32(3,4)36(10)34(28,7)8;1-31(2)19-27(33(5,6)35(31)9)29(37)39-21-23-11-15-25(16-12-23)26-17-13-24(14-18-26)22-40-30(38)28-20-32(3,4)36(10)34(28,7)8;1-25(2)15-21(27(5,6)29(25)9)23(31)33-17-19-11-13-20(14-12-19)18-34-24(32)22-16-26(3,4)30(10)28(22,7)8/h2*23-28H,11-22H2,1-10H3;19-22H,11-18H2,1-10H3. The van der Waals surface area contributed by atoms with Crippen LogP contribution in [-0.2, 0) is 57.2 Å². The van der Waals surface area contributed by atoms with E-state index in [1.807, 2.05) is 0 Å². The van der Waals surface area contributed by atoms with E-state index in [2.05, 4.69) is 238 Å². The van der Waals surface area contributed by atoms with E-state index in [4.69, 9.17) is 28.4 Å². The fourth-order valence-corrected chi connectivity index (χ4v) is 24.4. The van der Waals surface area contributed by atoms with E-state index in [9.17, 15) is 28.8 Å². The topological polar surface area (TPSA) is 177 Å². The van der Waals surface area contributed by atoms with Crippen LogP contribution in [0, 0.1) is 94.7 Å². The van der Waals surface area contributed by atoms with Gasteiger partial charge in [0, 0.05) is 78.3 Å². The molecule has 6 unspecified atom stereocenters. The zero-order valence-corrected chi connectivity index (χ0v) is 78.4. The Morgan fingerprint density at radius 3 is 0.561 bits per heavy atom. The number of hydrogen-bond acceptors (Lipinski definition) is 18. The van der Waals surface area contributed by atoms with E-state index in [0.717, 1.165) is 127 Å². The van der Waals surface area contributed by atoms with Crippen molar-refractivity contribution < 1.29 is 57.2 Å². The Labute approximate surface area is 695 Å². The minimum Gasteiger partial charge on any atom is -0.465 e. The number of likely N-dealkylation sites (tertiary alicyclic amines) is 6. The van der Waals surface area contributed by atoms with Crippen LogP contribution < -0.4 is 0 Å². The quantitative estimate of drug-likeness (QED) is 0.0830. The molecule has 656 valence electrons. The van der Waals surface area contributed by atoms with Gasteiger partial charge in [-0.3, -0.25) is 58.2 Å². The maximum absolute atomic E-state index is 13.0. The van der Waals surface area contributed by atoms with Crippen LogP contribution in [-0.4, -0.2) is 214 Å². The summed E-state index contributed by atoms with van der Waals surface area (Å²) in [5.74, 6) is 5.29. The van der Waals surface area contributed by atoms with Gasteiger partial charge in [-0.25, -0.2) is 0 Å². The predicted octanol–water partition coefficient (Wildman–Crippen LogP) is 18.3. The lowest BCUT2D eigenvalue weighted by Gasteiger charge is -2.39. The van der Waals surface area contributed by atoms with Crippen LogP contribution in [0.3, 0.4) is 0 Å². The van der Waals surface area contributed by atoms with E-state index in [0.29, 0.717) is 87.0 Å². The van der Waals surface area contributed by atoms with E-state index in [1.165, 1.54) is 51.4 Å². The monoisotopic (exact) mass is 1600 g/mol. The fraction of sp³-hybridized carbons (Fsp3) is 0.938. The third-order valence-electron chi connectivity index (χ3n) is 35.5. The van der Waals surface area contributed by atoms with Crippen LogP contribution >= 0.6 is 0 Å². The lowest BCUT2D eigenvalue weighted by Crippen LogP contribution is -2.48. The number of rotatable bonds is 20. The molecule has 0 radical (unpaired) electrons. The molecule has 0 bridgehead atoms. The number of esters is 6. The Bertz CT molecular complexity index is 3040. The highest BCUT2D eigenvalue weighted by atomic mass is 16.6. The number of carbonyl (C=O) groups is 6. The smallest absolute Gasteiger partial charge is 0.310 e. The summed E-state index contributed by atoms with van der Waals surface area (Å²) in [6, 6.07) is 0. The first-order valence-electron chi connectivity index (χ1n) is 45.9. The SMILES string of the molecule is CN1C(C)(C)CC(C(=O)OCC2CCC(C3CCC(COC(=O)C4CC(C)(C)N(C)C4(C)C)CC3)CC2)C1(C)C.CN1C(C)(C)CC(C(=O)OCC2CCC(COC(=O)C3CC(C)(C)N(C)C3(C)C)CC2)C1(C)C.CN1C(C)(C)CC(COC(=O)C2CCC(C3CCC(C(=O)OCC4CC(C)(C)N(C)C4(C)C)CC3)CC2)C1(C)C. The Hall–Kier alpha value is -3.42. The lowest BCUT2D eigenvalue weighted by molar-refractivity contribution is -0.155. The second-order valence-corrected chi connectivity index (χ2v) is 46.4. The average Bonchev–Trinajstić information content (AvgIpc) is 1.65. The molecule has 18 heteroatoms. The molecule has 0 N–H and O–H groups in total. The van der Waals surface area contributed by atoms with Crippen LogP contribution in [0.1, 0.15) is 333 Å². The van der Waals surface area contributed by atoms with Crippen LogP contribution in [0.5, 0.6) is 0 Å². The van der Waals surface area contributed by atoms with Crippen molar-refractivity contribution in [2.45, 2.75) is 400 Å². The van der Waals surface area contributed by atoms with Crippen LogP contribution in [0.15, 0.2) is 0 Å². The molecule has 5 aliphatic carbocycles. The average molecular weight is 1600 g/mol. The van der Waals surface area contributed by atoms with Crippen molar-refractivity contribution in [3.05, 3.63) is 0 Å². The number of ether oxygens (including phenoxy) is 6. The van der Waals surface area contributed by atoms with Crippen LogP contribution in [0.4, 0.5) is 0 Å². The molecule has 11 aliphatic rings. The normalized spacial score (nSPS) is 36.5. The molecular formula is C96H170N6O12. The zero-order chi connectivity index (χ0) is 85.0. The van der Waals surface area contributed by atoms with Crippen molar-refractivity contribution in [3.8, 4) is 0 Å². The molecule has 0 aromatic rings. The second kappa shape index (κ2) is 35.6. The van der Waals surface area contributed by atoms with Crippen molar-refractivity contribution in [2.24, 2.45) is 94.7 Å². The molecule has 6 atom stereocenters. The summed E-state index contributed by atoms with van der Waals surface area (Å²) in [6.07, 6.45) is 27.6. The van der Waals surface area contributed by atoms with E-state index >= 15 is 0 Å². The van der Waals surface area contributed by atoms with Gasteiger partial charge in [0.15, 0.2) is 0 Å². The molecule has 6 saturated heterocycles. The van der Waals surface area contributed by atoms with Crippen LogP contribution in [0.2, 0.25) is 0 Å². The molecular weight excluding hydrogens is 1430 g/mol.